The molecule has 3 heteroatoms. The lowest BCUT2D eigenvalue weighted by molar-refractivity contribution is 0.353. The summed E-state index contributed by atoms with van der Waals surface area (Å²) in [5, 5.41) is 1.13. The average Bonchev–Trinajstić information content (AvgIpc) is 1.99. The zero-order chi connectivity index (χ0) is 8.53. The molecule has 0 heterocycles. The van der Waals surface area contributed by atoms with E-state index < -0.39 is 13.6 Å². The molecule has 0 fully saturated rings. The summed E-state index contributed by atoms with van der Waals surface area (Å²) in [5.41, 5.74) is 0. The van der Waals surface area contributed by atoms with Gasteiger partial charge in [-0.3, -0.25) is 0 Å². The molecule has 0 rings (SSSR count). The van der Waals surface area contributed by atoms with Crippen LogP contribution in [0.5, 0.6) is 0 Å². The van der Waals surface area contributed by atoms with E-state index in [0.29, 0.717) is 0 Å². The molecule has 0 radical (unpaired) electrons. The van der Waals surface area contributed by atoms with E-state index in [4.69, 9.17) is 13.8 Å². The summed E-state index contributed by atoms with van der Waals surface area (Å²) in [6, 6.07) is 0. The summed E-state index contributed by atoms with van der Waals surface area (Å²) in [5.74, 6) is 0. The van der Waals surface area contributed by atoms with Gasteiger partial charge in [0.2, 0.25) is 0 Å². The second-order valence-corrected chi connectivity index (χ2v) is 5.91. The van der Waals surface area contributed by atoms with Gasteiger partial charge in [0.25, 0.3) is 0 Å². The first-order valence-electron chi connectivity index (χ1n) is 4.57. The molecule has 66 valence electrons. The molecule has 0 aliphatic heterocycles. The van der Waals surface area contributed by atoms with Gasteiger partial charge in [-0.25, -0.2) is 10.0 Å². The SMILES string of the molecule is CCCCC[CH2][Al]([Cl])[O]CC. The summed E-state index contributed by atoms with van der Waals surface area (Å²) in [6.45, 7) is 5.01. The average molecular weight is 193 g/mol. The Morgan fingerprint density at radius 1 is 1.18 bits per heavy atom. The summed E-state index contributed by atoms with van der Waals surface area (Å²) in [7, 11) is 5.98. The molecule has 0 saturated heterocycles. The molecule has 0 saturated carbocycles. The zero-order valence-electron chi connectivity index (χ0n) is 7.61. The van der Waals surface area contributed by atoms with Gasteiger partial charge in [0.1, 0.15) is 0 Å². The lowest BCUT2D eigenvalue weighted by Crippen LogP contribution is -2.09. The highest BCUT2D eigenvalue weighted by molar-refractivity contribution is 7.03. The van der Waals surface area contributed by atoms with E-state index >= 15 is 0 Å². The van der Waals surface area contributed by atoms with Crippen LogP contribution >= 0.6 is 10.0 Å². The predicted octanol–water partition coefficient (Wildman–Crippen LogP) is 3.33. The topological polar surface area (TPSA) is 9.23 Å². The Balaban J connectivity index is 2.97. The minimum Gasteiger partial charge on any atom is -0.489 e. The van der Waals surface area contributed by atoms with E-state index in [1.54, 1.807) is 0 Å². The fourth-order valence-corrected chi connectivity index (χ4v) is 2.97. The van der Waals surface area contributed by atoms with Crippen LogP contribution in [0.1, 0.15) is 39.5 Å². The van der Waals surface area contributed by atoms with Gasteiger partial charge in [0.15, 0.2) is 0 Å². The Kier molecular flexibility index (Phi) is 9.51. The van der Waals surface area contributed by atoms with Crippen LogP contribution in [0.4, 0.5) is 0 Å². The van der Waals surface area contributed by atoms with E-state index in [1.807, 2.05) is 6.92 Å². The highest BCUT2D eigenvalue weighted by atomic mass is 35.6. The molecule has 0 spiro atoms. The van der Waals surface area contributed by atoms with Crippen molar-refractivity contribution in [2.45, 2.75) is 44.8 Å². The van der Waals surface area contributed by atoms with Crippen LogP contribution in [0.15, 0.2) is 0 Å². The fraction of sp³-hybridized carbons (Fsp3) is 1.00. The van der Waals surface area contributed by atoms with Crippen molar-refractivity contribution >= 4 is 23.6 Å². The first-order valence-corrected chi connectivity index (χ1v) is 7.60. The molecule has 0 unspecified atom stereocenters. The first-order chi connectivity index (χ1) is 5.31. The Morgan fingerprint density at radius 2 is 1.91 bits per heavy atom. The molecule has 11 heavy (non-hydrogen) atoms. The van der Waals surface area contributed by atoms with Crippen LogP contribution in [0.2, 0.25) is 5.28 Å². The van der Waals surface area contributed by atoms with E-state index in [1.165, 1.54) is 25.7 Å². The molecule has 0 aliphatic carbocycles. The Bertz CT molecular complexity index is 80.5. The summed E-state index contributed by atoms with van der Waals surface area (Å²) >= 11 is -1.27. The molecular formula is C8H18AlClO. The molecule has 0 aliphatic rings. The molecule has 0 N–H and O–H groups in total. The smallest absolute Gasteiger partial charge is 0.489 e. The molecule has 1 nitrogen and oxygen atoms in total. The van der Waals surface area contributed by atoms with E-state index in [9.17, 15) is 0 Å². The van der Waals surface area contributed by atoms with E-state index in [-0.39, 0.29) is 0 Å². The third-order valence-electron chi connectivity index (χ3n) is 1.63. The summed E-state index contributed by atoms with van der Waals surface area (Å²) < 4.78 is 5.33. The quantitative estimate of drug-likeness (QED) is 0.444. The van der Waals surface area contributed by atoms with Crippen LogP contribution in [0.3, 0.4) is 0 Å². The molecule has 0 aromatic rings. The lowest BCUT2D eigenvalue weighted by atomic mass is 10.2. The van der Waals surface area contributed by atoms with Crippen molar-refractivity contribution in [3.05, 3.63) is 0 Å². The number of rotatable bonds is 7. The third kappa shape index (κ3) is 8.69. The lowest BCUT2D eigenvalue weighted by Gasteiger charge is -2.02. The van der Waals surface area contributed by atoms with Gasteiger partial charge in [0.05, 0.1) is 0 Å². The van der Waals surface area contributed by atoms with Gasteiger partial charge >= 0.3 is 13.6 Å². The van der Waals surface area contributed by atoms with Crippen LogP contribution in [0, 0.1) is 0 Å². The van der Waals surface area contributed by atoms with Crippen molar-refractivity contribution < 1.29 is 3.79 Å². The number of hydrogen-bond acceptors (Lipinski definition) is 1. The maximum atomic E-state index is 5.98. The van der Waals surface area contributed by atoms with E-state index in [2.05, 4.69) is 6.92 Å². The maximum Gasteiger partial charge on any atom is 0.591 e. The molecule has 0 aromatic carbocycles. The molecule has 0 atom stereocenters. The molecule has 0 bridgehead atoms. The van der Waals surface area contributed by atoms with E-state index in [0.717, 1.165) is 11.9 Å². The first kappa shape index (κ1) is 11.8. The number of halogens is 1. The van der Waals surface area contributed by atoms with Crippen molar-refractivity contribution in [1.82, 2.24) is 0 Å². The minimum atomic E-state index is -1.27. The van der Waals surface area contributed by atoms with Gasteiger partial charge < -0.3 is 3.79 Å². The van der Waals surface area contributed by atoms with Gasteiger partial charge in [-0.1, -0.05) is 37.9 Å². The van der Waals surface area contributed by atoms with Gasteiger partial charge in [-0.15, -0.1) is 0 Å². The maximum absolute atomic E-state index is 5.98. The largest absolute Gasteiger partial charge is 0.591 e. The molecule has 0 aromatic heterocycles. The van der Waals surface area contributed by atoms with Crippen LogP contribution in [-0.4, -0.2) is 20.2 Å². The number of unbranched alkanes of at least 4 members (excludes halogenated alkanes) is 3. The third-order valence-corrected chi connectivity index (χ3v) is 4.22. The fourth-order valence-electron chi connectivity index (χ4n) is 0.996. The van der Waals surface area contributed by atoms with Crippen LogP contribution in [-0.2, 0) is 3.79 Å². The summed E-state index contributed by atoms with van der Waals surface area (Å²) in [6.07, 6.45) is 5.21. The minimum absolute atomic E-state index is 0.786. The number of hydrogen-bond donors (Lipinski definition) is 0. The van der Waals surface area contributed by atoms with Crippen molar-refractivity contribution in [3.8, 4) is 0 Å². The van der Waals surface area contributed by atoms with Gasteiger partial charge in [-0.2, -0.15) is 0 Å². The Labute approximate surface area is 79.0 Å². The second-order valence-electron chi connectivity index (χ2n) is 2.71. The van der Waals surface area contributed by atoms with Crippen molar-refractivity contribution in [3.63, 3.8) is 0 Å². The van der Waals surface area contributed by atoms with Gasteiger partial charge in [-0.05, 0) is 6.92 Å². The molecular weight excluding hydrogens is 175 g/mol. The second kappa shape index (κ2) is 8.88. The van der Waals surface area contributed by atoms with Crippen molar-refractivity contribution in [2.24, 2.45) is 0 Å². The highest BCUT2D eigenvalue weighted by Gasteiger charge is 2.15. The van der Waals surface area contributed by atoms with Crippen LogP contribution < -0.4 is 0 Å². The van der Waals surface area contributed by atoms with Gasteiger partial charge in [0, 0.05) is 6.61 Å². The summed E-state index contributed by atoms with van der Waals surface area (Å²) in [4.78, 5) is 0. The van der Waals surface area contributed by atoms with Crippen molar-refractivity contribution in [2.75, 3.05) is 6.61 Å². The highest BCUT2D eigenvalue weighted by Crippen LogP contribution is 2.08. The standard InChI is InChI=1S/C6H13.C2H5O.Al.ClH/c1-3-5-6-4-2;1-2-3;;/h1,3-6H2,2H3;2H2,1H3;;1H/q;-1;+2;/p-1. The monoisotopic (exact) mass is 192 g/mol. The van der Waals surface area contributed by atoms with Crippen molar-refractivity contribution in [1.29, 1.82) is 0 Å². The Morgan fingerprint density at radius 3 is 2.45 bits per heavy atom. The molecule has 0 amide bonds. The van der Waals surface area contributed by atoms with Crippen LogP contribution in [0.25, 0.3) is 0 Å². The zero-order valence-corrected chi connectivity index (χ0v) is 9.52. The predicted molar refractivity (Wildman–Crippen MR) is 52.2 cm³/mol. The Hall–Kier alpha value is 0.782. The normalized spacial score (nSPS) is 10.1.